The first-order chi connectivity index (χ1) is 9.36. The Bertz CT molecular complexity index is 484. The number of rotatable bonds is 2. The second-order valence-corrected chi connectivity index (χ2v) is 5.33. The number of hydrogen-bond donors (Lipinski definition) is 2. The highest BCUT2D eigenvalue weighted by atomic mass is 16.5. The maximum Gasteiger partial charge on any atom is 0.407 e. The van der Waals surface area contributed by atoms with E-state index in [2.05, 4.69) is 5.10 Å². The van der Waals surface area contributed by atoms with Gasteiger partial charge >= 0.3 is 6.09 Å². The number of aryl methyl sites for hydroxylation is 1. The zero-order valence-electron chi connectivity index (χ0n) is 12.0. The van der Waals surface area contributed by atoms with Crippen molar-refractivity contribution in [1.29, 1.82) is 0 Å². The van der Waals surface area contributed by atoms with Crippen LogP contribution < -0.4 is 10.6 Å². The second kappa shape index (κ2) is 5.20. The third-order valence-electron chi connectivity index (χ3n) is 3.69. The summed E-state index contributed by atoms with van der Waals surface area (Å²) in [6.07, 6.45) is 0.660. The molecule has 20 heavy (non-hydrogen) atoms. The number of amides is 1. The van der Waals surface area contributed by atoms with Crippen LogP contribution >= 0.6 is 0 Å². The van der Waals surface area contributed by atoms with Gasteiger partial charge in [-0.25, -0.2) is 4.79 Å². The lowest BCUT2D eigenvalue weighted by Gasteiger charge is -2.33. The van der Waals surface area contributed by atoms with Gasteiger partial charge in [-0.15, -0.1) is 0 Å². The molecule has 1 unspecified atom stereocenters. The predicted molar refractivity (Wildman–Crippen MR) is 74.8 cm³/mol. The molecule has 1 aliphatic rings. The van der Waals surface area contributed by atoms with Gasteiger partial charge in [0.15, 0.2) is 0 Å². The highest BCUT2D eigenvalue weighted by Gasteiger charge is 2.36. The fourth-order valence-electron chi connectivity index (χ4n) is 2.57. The van der Waals surface area contributed by atoms with Crippen molar-refractivity contribution in [3.63, 3.8) is 0 Å². The number of hydrogen-bond acceptors (Lipinski definition) is 5. The third kappa shape index (κ3) is 2.64. The first-order valence-electron chi connectivity index (χ1n) is 6.42. The van der Waals surface area contributed by atoms with Crippen molar-refractivity contribution >= 4 is 17.6 Å². The van der Waals surface area contributed by atoms with Gasteiger partial charge in [-0.1, -0.05) is 0 Å². The molecule has 0 aromatic carbocycles. The Morgan fingerprint density at radius 3 is 2.70 bits per heavy atom. The van der Waals surface area contributed by atoms with E-state index in [9.17, 15) is 9.90 Å². The van der Waals surface area contributed by atoms with Crippen molar-refractivity contribution in [3.8, 4) is 0 Å². The van der Waals surface area contributed by atoms with Gasteiger partial charge in [0.05, 0.1) is 18.4 Å². The van der Waals surface area contributed by atoms with E-state index < -0.39 is 11.7 Å². The van der Waals surface area contributed by atoms with Crippen LogP contribution in [0.2, 0.25) is 0 Å². The summed E-state index contributed by atoms with van der Waals surface area (Å²) in [5, 5.41) is 13.4. The molecule has 112 valence electrons. The van der Waals surface area contributed by atoms with Crippen molar-refractivity contribution in [2.45, 2.75) is 12.5 Å². The van der Waals surface area contributed by atoms with Crippen LogP contribution in [-0.4, -0.2) is 64.8 Å². The molecule has 1 aromatic rings. The fraction of sp³-hybridized carbons (Fsp3) is 0.667. The lowest BCUT2D eigenvalue weighted by Crippen LogP contribution is -2.47. The number of carboxylic acid groups (broad SMARTS) is 1. The van der Waals surface area contributed by atoms with Crippen molar-refractivity contribution in [2.24, 2.45) is 7.05 Å². The Balaban J connectivity index is 2.30. The fourth-order valence-corrected chi connectivity index (χ4v) is 2.57. The number of nitrogen functional groups attached to an aromatic ring is 1. The molecule has 2 heterocycles. The summed E-state index contributed by atoms with van der Waals surface area (Å²) in [6.45, 7) is 3.73. The molecule has 8 nitrogen and oxygen atoms in total. The molecule has 1 atom stereocenters. The number of methoxy groups -OCH3 is 1. The van der Waals surface area contributed by atoms with Crippen LogP contribution in [0.5, 0.6) is 0 Å². The number of ether oxygens (including phenoxy) is 1. The number of anilines is 2. The molecule has 8 heteroatoms. The van der Waals surface area contributed by atoms with E-state index >= 15 is 0 Å². The number of carbonyl (C=O) groups is 1. The zero-order valence-corrected chi connectivity index (χ0v) is 12.0. The highest BCUT2D eigenvalue weighted by molar-refractivity contribution is 5.66. The molecule has 0 radical (unpaired) electrons. The van der Waals surface area contributed by atoms with Gasteiger partial charge in [0.2, 0.25) is 0 Å². The maximum absolute atomic E-state index is 11.2. The van der Waals surface area contributed by atoms with Crippen LogP contribution in [0.1, 0.15) is 6.92 Å². The molecule has 1 saturated heterocycles. The minimum Gasteiger partial charge on any atom is -0.465 e. The lowest BCUT2D eigenvalue weighted by atomic mass is 10.1. The Kier molecular flexibility index (Phi) is 3.76. The molecule has 2 rings (SSSR count). The standard InChI is InChI=1S/C12H21N5O3/c1-12(20-3)7-16(4-5-17(8-12)11(18)19)10-9(13)6-14-15(10)2/h6H,4-5,7-8,13H2,1-3H3,(H,18,19). The monoisotopic (exact) mass is 283 g/mol. The summed E-state index contributed by atoms with van der Waals surface area (Å²) in [6, 6.07) is 0. The normalized spacial score (nSPS) is 23.8. The summed E-state index contributed by atoms with van der Waals surface area (Å²) in [5.74, 6) is 0.792. The summed E-state index contributed by atoms with van der Waals surface area (Å²) in [7, 11) is 3.41. The molecular formula is C12H21N5O3. The molecule has 3 N–H and O–H groups in total. The molecule has 0 bridgehead atoms. The van der Waals surface area contributed by atoms with Gasteiger partial charge in [0.1, 0.15) is 11.4 Å². The van der Waals surface area contributed by atoms with Gasteiger partial charge in [0, 0.05) is 33.8 Å². The van der Waals surface area contributed by atoms with E-state index in [1.54, 1.807) is 18.0 Å². The molecular weight excluding hydrogens is 262 g/mol. The highest BCUT2D eigenvalue weighted by Crippen LogP contribution is 2.26. The quantitative estimate of drug-likeness (QED) is 0.805. The summed E-state index contributed by atoms with van der Waals surface area (Å²) >= 11 is 0. The Morgan fingerprint density at radius 2 is 2.20 bits per heavy atom. The van der Waals surface area contributed by atoms with E-state index in [-0.39, 0.29) is 0 Å². The van der Waals surface area contributed by atoms with Crippen molar-refractivity contribution in [1.82, 2.24) is 14.7 Å². The molecule has 0 spiro atoms. The first kappa shape index (κ1) is 14.4. The molecule has 0 aliphatic carbocycles. The van der Waals surface area contributed by atoms with Gasteiger partial charge in [-0.2, -0.15) is 5.10 Å². The summed E-state index contributed by atoms with van der Waals surface area (Å²) < 4.78 is 7.23. The van der Waals surface area contributed by atoms with E-state index in [1.165, 1.54) is 4.90 Å². The second-order valence-electron chi connectivity index (χ2n) is 5.33. The SMILES string of the molecule is COC1(C)CN(C(=O)O)CCN(c2c(N)cnn2C)C1. The molecule has 1 amide bonds. The van der Waals surface area contributed by atoms with Crippen LogP contribution in [-0.2, 0) is 11.8 Å². The van der Waals surface area contributed by atoms with Crippen LogP contribution in [0.15, 0.2) is 6.20 Å². The van der Waals surface area contributed by atoms with Gasteiger partial charge in [0.25, 0.3) is 0 Å². The van der Waals surface area contributed by atoms with Gasteiger partial charge in [-0.05, 0) is 6.92 Å². The molecule has 1 aliphatic heterocycles. The van der Waals surface area contributed by atoms with Crippen LogP contribution in [0.25, 0.3) is 0 Å². The predicted octanol–water partition coefficient (Wildman–Crippen LogP) is 0.207. The average Bonchev–Trinajstić information content (AvgIpc) is 2.61. The number of aromatic nitrogens is 2. The van der Waals surface area contributed by atoms with Crippen molar-refractivity contribution in [2.75, 3.05) is 43.9 Å². The van der Waals surface area contributed by atoms with Crippen LogP contribution in [0, 0.1) is 0 Å². The van der Waals surface area contributed by atoms with E-state index in [4.69, 9.17) is 10.5 Å². The summed E-state index contributed by atoms with van der Waals surface area (Å²) in [5.41, 5.74) is 5.94. The van der Waals surface area contributed by atoms with E-state index in [0.717, 1.165) is 5.82 Å². The largest absolute Gasteiger partial charge is 0.465 e. The first-order valence-corrected chi connectivity index (χ1v) is 6.42. The van der Waals surface area contributed by atoms with E-state index in [0.29, 0.717) is 31.9 Å². The lowest BCUT2D eigenvalue weighted by molar-refractivity contribution is -0.00516. The van der Waals surface area contributed by atoms with Gasteiger partial charge in [-0.3, -0.25) is 4.68 Å². The number of nitrogens with zero attached hydrogens (tertiary/aromatic N) is 4. The summed E-state index contributed by atoms with van der Waals surface area (Å²) in [4.78, 5) is 14.6. The third-order valence-corrected chi connectivity index (χ3v) is 3.69. The maximum atomic E-state index is 11.2. The average molecular weight is 283 g/mol. The zero-order chi connectivity index (χ0) is 14.9. The minimum absolute atomic E-state index is 0.326. The topological polar surface area (TPSA) is 96.8 Å². The molecule has 1 aromatic heterocycles. The van der Waals surface area contributed by atoms with Crippen molar-refractivity contribution < 1.29 is 14.6 Å². The van der Waals surface area contributed by atoms with Crippen LogP contribution in [0.4, 0.5) is 16.3 Å². The molecule has 0 saturated carbocycles. The smallest absolute Gasteiger partial charge is 0.407 e. The van der Waals surface area contributed by atoms with Crippen LogP contribution in [0.3, 0.4) is 0 Å². The number of nitrogens with two attached hydrogens (primary N) is 1. The Labute approximate surface area is 117 Å². The van der Waals surface area contributed by atoms with Crippen molar-refractivity contribution in [3.05, 3.63) is 6.20 Å². The van der Waals surface area contributed by atoms with Gasteiger partial charge < -0.3 is 25.4 Å². The minimum atomic E-state index is -0.937. The molecule has 1 fully saturated rings. The Morgan fingerprint density at radius 1 is 1.50 bits per heavy atom. The van der Waals surface area contributed by atoms with E-state index in [1.807, 2.05) is 18.9 Å². The Hall–Kier alpha value is -1.96.